The van der Waals surface area contributed by atoms with Crippen molar-refractivity contribution in [2.45, 2.75) is 39.7 Å². The molecule has 2 aromatic rings. The van der Waals surface area contributed by atoms with Gasteiger partial charge in [0.25, 0.3) is 5.91 Å². The molecule has 3 heterocycles. The van der Waals surface area contributed by atoms with E-state index in [4.69, 9.17) is 9.26 Å². The van der Waals surface area contributed by atoms with Gasteiger partial charge in [-0.15, -0.1) is 0 Å². The van der Waals surface area contributed by atoms with Crippen LogP contribution in [0.15, 0.2) is 21.5 Å². The molecular formula is C18H24N4O4. The van der Waals surface area contributed by atoms with E-state index in [1.807, 2.05) is 26.8 Å². The molecule has 26 heavy (non-hydrogen) atoms. The van der Waals surface area contributed by atoms with Gasteiger partial charge in [0.05, 0.1) is 24.9 Å². The van der Waals surface area contributed by atoms with Crippen molar-refractivity contribution in [3.63, 3.8) is 0 Å². The number of aryl methyl sites for hydroxylation is 1. The number of nitrogens with zero attached hydrogens (tertiary/aromatic N) is 2. The monoisotopic (exact) mass is 360 g/mol. The third kappa shape index (κ3) is 4.57. The fraction of sp³-hybridized carbons (Fsp3) is 0.556. The minimum atomic E-state index is -0.510. The van der Waals surface area contributed by atoms with Crippen molar-refractivity contribution >= 4 is 5.91 Å². The second kappa shape index (κ2) is 7.82. The standard InChI is InChI=1S/C18H24N4O4/c1-10(2)4-13-7-15(21-18(24)19-13)17(23)20-16-9-25-8-12(16)6-14-5-11(3)22-26-14/h5,7,10,12,16H,4,6,8-9H2,1-3H3,(H,20,23)(H,19,21,24)/t12-,16+/m1/s1. The first-order chi connectivity index (χ1) is 12.4. The number of hydrogen-bond donors (Lipinski definition) is 2. The molecule has 1 saturated heterocycles. The number of H-pyrrole nitrogens is 1. The lowest BCUT2D eigenvalue weighted by molar-refractivity contribution is 0.0918. The molecule has 0 bridgehead atoms. The Morgan fingerprint density at radius 3 is 2.88 bits per heavy atom. The molecule has 2 aromatic heterocycles. The van der Waals surface area contributed by atoms with Crippen molar-refractivity contribution in [2.24, 2.45) is 11.8 Å². The van der Waals surface area contributed by atoms with E-state index in [-0.39, 0.29) is 23.6 Å². The van der Waals surface area contributed by atoms with E-state index in [1.54, 1.807) is 6.07 Å². The lowest BCUT2D eigenvalue weighted by atomic mass is 9.98. The molecule has 3 rings (SSSR count). The molecule has 0 aliphatic carbocycles. The van der Waals surface area contributed by atoms with Crippen LogP contribution in [0.2, 0.25) is 0 Å². The Bertz CT molecular complexity index is 827. The summed E-state index contributed by atoms with van der Waals surface area (Å²) in [5.41, 5.74) is 1.15. The number of carbonyl (C=O) groups excluding carboxylic acids is 1. The maximum Gasteiger partial charge on any atom is 0.345 e. The van der Waals surface area contributed by atoms with Crippen molar-refractivity contribution in [1.29, 1.82) is 0 Å². The molecule has 1 fully saturated rings. The highest BCUT2D eigenvalue weighted by molar-refractivity contribution is 5.92. The van der Waals surface area contributed by atoms with Gasteiger partial charge < -0.3 is 19.6 Å². The zero-order valence-electron chi connectivity index (χ0n) is 15.2. The van der Waals surface area contributed by atoms with Crippen molar-refractivity contribution in [3.8, 4) is 0 Å². The van der Waals surface area contributed by atoms with E-state index < -0.39 is 5.69 Å². The van der Waals surface area contributed by atoms with Gasteiger partial charge in [-0.2, -0.15) is 4.98 Å². The molecule has 1 aliphatic rings. The SMILES string of the molecule is Cc1cc(C[C@@H]2COC[C@@H]2NC(=O)c2cc(CC(C)C)[nH]c(=O)n2)on1. The fourth-order valence-electron chi connectivity index (χ4n) is 3.15. The van der Waals surface area contributed by atoms with Crippen LogP contribution >= 0.6 is 0 Å². The smallest absolute Gasteiger partial charge is 0.345 e. The van der Waals surface area contributed by atoms with Crippen LogP contribution in [-0.4, -0.2) is 40.3 Å². The maximum absolute atomic E-state index is 12.6. The number of carbonyl (C=O) groups is 1. The minimum absolute atomic E-state index is 0.0865. The quantitative estimate of drug-likeness (QED) is 0.802. The van der Waals surface area contributed by atoms with Crippen molar-refractivity contribution in [2.75, 3.05) is 13.2 Å². The number of aromatic nitrogens is 3. The van der Waals surface area contributed by atoms with Gasteiger partial charge in [0.1, 0.15) is 11.5 Å². The number of aromatic amines is 1. The van der Waals surface area contributed by atoms with Crippen LogP contribution in [0.5, 0.6) is 0 Å². The molecule has 0 spiro atoms. The van der Waals surface area contributed by atoms with Crippen LogP contribution in [0.25, 0.3) is 0 Å². The average Bonchev–Trinajstić information content (AvgIpc) is 3.16. The Labute approximate surface area is 151 Å². The summed E-state index contributed by atoms with van der Waals surface area (Å²) >= 11 is 0. The molecule has 8 heteroatoms. The molecule has 0 saturated carbocycles. The van der Waals surface area contributed by atoms with E-state index in [1.165, 1.54) is 0 Å². The summed E-state index contributed by atoms with van der Waals surface area (Å²) in [5.74, 6) is 0.853. The summed E-state index contributed by atoms with van der Waals surface area (Å²) in [6.45, 7) is 6.91. The number of hydrogen-bond acceptors (Lipinski definition) is 6. The molecular weight excluding hydrogens is 336 g/mol. The Balaban J connectivity index is 1.68. The van der Waals surface area contributed by atoms with Crippen LogP contribution in [0, 0.1) is 18.8 Å². The van der Waals surface area contributed by atoms with E-state index in [0.717, 1.165) is 11.5 Å². The van der Waals surface area contributed by atoms with Gasteiger partial charge in [0.15, 0.2) is 0 Å². The Morgan fingerprint density at radius 1 is 1.38 bits per heavy atom. The van der Waals surface area contributed by atoms with Crippen LogP contribution in [0.4, 0.5) is 0 Å². The first-order valence-electron chi connectivity index (χ1n) is 8.81. The van der Waals surface area contributed by atoms with Crippen LogP contribution in [0.3, 0.4) is 0 Å². The van der Waals surface area contributed by atoms with Crippen molar-refractivity contribution in [3.05, 3.63) is 45.5 Å². The lowest BCUT2D eigenvalue weighted by Gasteiger charge is -2.18. The van der Waals surface area contributed by atoms with E-state index in [2.05, 4.69) is 20.4 Å². The van der Waals surface area contributed by atoms with Gasteiger partial charge in [-0.05, 0) is 25.3 Å². The first kappa shape index (κ1) is 18.3. The summed E-state index contributed by atoms with van der Waals surface area (Å²) in [7, 11) is 0. The molecule has 8 nitrogen and oxygen atoms in total. The molecule has 0 radical (unpaired) electrons. The summed E-state index contributed by atoms with van der Waals surface area (Å²) in [6.07, 6.45) is 1.31. The highest BCUT2D eigenvalue weighted by atomic mass is 16.5. The Kier molecular flexibility index (Phi) is 5.51. The van der Waals surface area contributed by atoms with Crippen molar-refractivity contribution < 1.29 is 14.1 Å². The number of amides is 1. The fourth-order valence-corrected chi connectivity index (χ4v) is 3.15. The largest absolute Gasteiger partial charge is 0.379 e. The Hall–Kier alpha value is -2.48. The van der Waals surface area contributed by atoms with Gasteiger partial charge >= 0.3 is 5.69 Å². The maximum atomic E-state index is 12.6. The second-order valence-electron chi connectivity index (χ2n) is 7.21. The highest BCUT2D eigenvalue weighted by Crippen LogP contribution is 2.20. The predicted octanol–water partition coefficient (Wildman–Crippen LogP) is 1.25. The molecule has 2 N–H and O–H groups in total. The van der Waals surface area contributed by atoms with E-state index in [0.29, 0.717) is 37.7 Å². The van der Waals surface area contributed by atoms with Crippen LogP contribution < -0.4 is 11.0 Å². The average molecular weight is 360 g/mol. The molecule has 140 valence electrons. The molecule has 0 unspecified atom stereocenters. The Morgan fingerprint density at radius 2 is 2.19 bits per heavy atom. The van der Waals surface area contributed by atoms with E-state index in [9.17, 15) is 9.59 Å². The zero-order valence-corrected chi connectivity index (χ0v) is 15.2. The van der Waals surface area contributed by atoms with Gasteiger partial charge in [-0.25, -0.2) is 4.79 Å². The summed E-state index contributed by atoms with van der Waals surface area (Å²) in [4.78, 5) is 30.8. The molecule has 1 aliphatic heterocycles. The second-order valence-corrected chi connectivity index (χ2v) is 7.21. The van der Waals surface area contributed by atoms with Gasteiger partial charge in [0, 0.05) is 24.1 Å². The van der Waals surface area contributed by atoms with E-state index >= 15 is 0 Å². The number of ether oxygens (including phenoxy) is 1. The molecule has 2 atom stereocenters. The van der Waals surface area contributed by atoms with Crippen LogP contribution in [-0.2, 0) is 17.6 Å². The number of nitrogens with one attached hydrogen (secondary N) is 2. The summed E-state index contributed by atoms with van der Waals surface area (Å²) < 4.78 is 10.8. The normalized spacial score (nSPS) is 19.8. The zero-order chi connectivity index (χ0) is 18.7. The van der Waals surface area contributed by atoms with Gasteiger partial charge in [-0.1, -0.05) is 19.0 Å². The van der Waals surface area contributed by atoms with Crippen molar-refractivity contribution in [1.82, 2.24) is 20.4 Å². The minimum Gasteiger partial charge on any atom is -0.379 e. The highest BCUT2D eigenvalue weighted by Gasteiger charge is 2.31. The lowest BCUT2D eigenvalue weighted by Crippen LogP contribution is -2.41. The molecule has 1 amide bonds. The number of rotatable bonds is 6. The van der Waals surface area contributed by atoms with Gasteiger partial charge in [0.2, 0.25) is 0 Å². The summed E-state index contributed by atoms with van der Waals surface area (Å²) in [5, 5.41) is 6.82. The molecule has 0 aromatic carbocycles. The third-order valence-electron chi connectivity index (χ3n) is 4.32. The first-order valence-corrected chi connectivity index (χ1v) is 8.81. The van der Waals surface area contributed by atoms with Crippen LogP contribution in [0.1, 0.15) is 41.5 Å². The third-order valence-corrected chi connectivity index (χ3v) is 4.32. The van der Waals surface area contributed by atoms with Gasteiger partial charge in [-0.3, -0.25) is 4.79 Å². The topological polar surface area (TPSA) is 110 Å². The predicted molar refractivity (Wildman–Crippen MR) is 93.9 cm³/mol. The summed E-state index contributed by atoms with van der Waals surface area (Å²) in [6, 6.07) is 3.36.